The van der Waals surface area contributed by atoms with Gasteiger partial charge in [-0.15, -0.1) is 0 Å². The molecule has 0 fully saturated rings. The minimum absolute atomic E-state index is 0.465. The fourth-order valence-corrected chi connectivity index (χ4v) is 1.56. The second-order valence-corrected chi connectivity index (χ2v) is 4.07. The summed E-state index contributed by atoms with van der Waals surface area (Å²) in [5.41, 5.74) is 0.465. The molecule has 1 rings (SSSR count). The number of hydrogen-bond acceptors (Lipinski definition) is 3. The van der Waals surface area contributed by atoms with Crippen molar-refractivity contribution < 1.29 is 13.5 Å². The predicted octanol–water partition coefficient (Wildman–Crippen LogP) is 3.18. The Balaban J connectivity index is 2.77. The molecule has 1 N–H and O–H groups in total. The Morgan fingerprint density at radius 1 is 1.28 bits per heavy atom. The van der Waals surface area contributed by atoms with E-state index in [-0.39, 0.29) is 0 Å². The molecular weight excluding hydrogens is 238 g/mol. The largest absolute Gasteiger partial charge is 0.492 e. The van der Waals surface area contributed by atoms with E-state index >= 15 is 0 Å². The van der Waals surface area contributed by atoms with E-state index in [0.717, 1.165) is 12.8 Å². The van der Waals surface area contributed by atoms with Crippen molar-refractivity contribution in [3.8, 4) is 5.75 Å². The van der Waals surface area contributed by atoms with Crippen molar-refractivity contribution in [3.05, 3.63) is 24.0 Å². The summed E-state index contributed by atoms with van der Waals surface area (Å²) < 4.78 is 31.3. The predicted molar refractivity (Wildman–Crippen MR) is 67.1 cm³/mol. The molecule has 1 atom stereocenters. The Morgan fingerprint density at radius 2 is 2.06 bits per heavy atom. The van der Waals surface area contributed by atoms with Crippen molar-refractivity contribution in [2.24, 2.45) is 0 Å². The number of alkyl halides is 2. The monoisotopic (exact) mass is 258 g/mol. The second-order valence-electron chi connectivity index (χ2n) is 4.07. The number of aromatic nitrogens is 1. The molecule has 0 spiro atoms. The maximum atomic E-state index is 13.0. The number of pyridine rings is 1. The molecule has 0 aliphatic carbocycles. The second kappa shape index (κ2) is 7.97. The van der Waals surface area contributed by atoms with E-state index in [9.17, 15) is 8.78 Å². The Bertz CT molecular complexity index is 348. The van der Waals surface area contributed by atoms with Crippen molar-refractivity contribution in [2.75, 3.05) is 13.2 Å². The molecule has 1 heterocycles. The van der Waals surface area contributed by atoms with Crippen LogP contribution >= 0.6 is 0 Å². The van der Waals surface area contributed by atoms with Gasteiger partial charge in [-0.1, -0.05) is 13.8 Å². The number of rotatable bonds is 8. The average molecular weight is 258 g/mol. The summed E-state index contributed by atoms with van der Waals surface area (Å²) in [5.74, 6) is 0.540. The summed E-state index contributed by atoms with van der Waals surface area (Å²) >= 11 is 0. The van der Waals surface area contributed by atoms with Gasteiger partial charge in [0.05, 0.1) is 18.8 Å². The van der Waals surface area contributed by atoms with Gasteiger partial charge in [-0.25, -0.2) is 8.78 Å². The van der Waals surface area contributed by atoms with Crippen LogP contribution in [0.25, 0.3) is 0 Å². The lowest BCUT2D eigenvalue weighted by Gasteiger charge is -2.18. The topological polar surface area (TPSA) is 34.2 Å². The van der Waals surface area contributed by atoms with Crippen LogP contribution in [0.15, 0.2) is 18.5 Å². The maximum absolute atomic E-state index is 13.0. The fourth-order valence-electron chi connectivity index (χ4n) is 1.56. The highest BCUT2D eigenvalue weighted by atomic mass is 19.3. The van der Waals surface area contributed by atoms with Gasteiger partial charge in [-0.3, -0.25) is 4.98 Å². The summed E-state index contributed by atoms with van der Waals surface area (Å²) in [6, 6.07) is 0.643. The van der Waals surface area contributed by atoms with Crippen LogP contribution in [0, 0.1) is 0 Å². The molecule has 0 saturated carbocycles. The summed E-state index contributed by atoms with van der Waals surface area (Å²) in [4.78, 5) is 3.95. The van der Waals surface area contributed by atoms with Crippen molar-refractivity contribution in [1.29, 1.82) is 0 Å². The first kappa shape index (κ1) is 14.8. The minimum atomic E-state index is -2.46. The number of nitrogens with one attached hydrogen (secondary N) is 1. The van der Waals surface area contributed by atoms with Gasteiger partial charge >= 0.3 is 0 Å². The van der Waals surface area contributed by atoms with Gasteiger partial charge in [0.15, 0.2) is 0 Å². The number of halogens is 2. The number of ether oxygens (including phenoxy) is 1. The van der Waals surface area contributed by atoms with Crippen LogP contribution in [0.5, 0.6) is 5.75 Å². The van der Waals surface area contributed by atoms with Gasteiger partial charge in [-0.05, 0) is 31.0 Å². The van der Waals surface area contributed by atoms with E-state index in [0.29, 0.717) is 24.5 Å². The van der Waals surface area contributed by atoms with E-state index in [1.54, 1.807) is 12.3 Å². The van der Waals surface area contributed by atoms with E-state index in [2.05, 4.69) is 10.3 Å². The smallest absolute Gasteiger partial charge is 0.257 e. The van der Waals surface area contributed by atoms with Gasteiger partial charge in [0.25, 0.3) is 6.43 Å². The van der Waals surface area contributed by atoms with E-state index in [1.165, 1.54) is 6.20 Å². The highest BCUT2D eigenvalue weighted by molar-refractivity contribution is 5.26. The first-order valence-electron chi connectivity index (χ1n) is 6.28. The fraction of sp³-hybridized carbons (Fsp3) is 0.615. The molecule has 3 nitrogen and oxygen atoms in total. The van der Waals surface area contributed by atoms with Crippen LogP contribution in [-0.4, -0.2) is 24.6 Å². The molecule has 0 aliphatic rings. The molecule has 0 aliphatic heterocycles. The van der Waals surface area contributed by atoms with Crippen LogP contribution in [0.1, 0.15) is 38.3 Å². The third-order valence-electron chi connectivity index (χ3n) is 2.43. The molecule has 0 aromatic carbocycles. The van der Waals surface area contributed by atoms with Crippen LogP contribution < -0.4 is 10.1 Å². The molecule has 0 amide bonds. The van der Waals surface area contributed by atoms with Gasteiger partial charge in [0, 0.05) is 6.20 Å². The summed E-state index contributed by atoms with van der Waals surface area (Å²) in [6.45, 7) is 5.04. The van der Waals surface area contributed by atoms with Crippen molar-refractivity contribution in [3.63, 3.8) is 0 Å². The Hall–Kier alpha value is -1.23. The molecule has 0 saturated heterocycles. The Kier molecular flexibility index (Phi) is 6.57. The molecule has 5 heteroatoms. The first-order chi connectivity index (χ1) is 8.69. The summed E-state index contributed by atoms with van der Waals surface area (Å²) in [6.07, 6.45) is 2.22. The Labute approximate surface area is 107 Å². The minimum Gasteiger partial charge on any atom is -0.492 e. The third kappa shape index (κ3) is 4.56. The molecule has 0 radical (unpaired) electrons. The zero-order valence-corrected chi connectivity index (χ0v) is 10.8. The van der Waals surface area contributed by atoms with Gasteiger partial charge in [0.2, 0.25) is 0 Å². The summed E-state index contributed by atoms with van der Waals surface area (Å²) in [5, 5.41) is 2.82. The maximum Gasteiger partial charge on any atom is 0.257 e. The van der Waals surface area contributed by atoms with E-state index in [4.69, 9.17) is 4.74 Å². The first-order valence-corrected chi connectivity index (χ1v) is 6.28. The molecule has 1 aromatic heterocycles. The molecule has 18 heavy (non-hydrogen) atoms. The number of hydrogen-bond donors (Lipinski definition) is 1. The highest BCUT2D eigenvalue weighted by Gasteiger charge is 2.22. The lowest BCUT2D eigenvalue weighted by Crippen LogP contribution is -2.28. The zero-order chi connectivity index (χ0) is 13.4. The van der Waals surface area contributed by atoms with Gasteiger partial charge in [-0.2, -0.15) is 0 Å². The molecule has 0 bridgehead atoms. The zero-order valence-electron chi connectivity index (χ0n) is 10.8. The average Bonchev–Trinajstić information content (AvgIpc) is 2.37. The molecule has 1 unspecified atom stereocenters. The van der Waals surface area contributed by atoms with Crippen molar-refractivity contribution >= 4 is 0 Å². The highest BCUT2D eigenvalue weighted by Crippen LogP contribution is 2.23. The summed E-state index contributed by atoms with van der Waals surface area (Å²) in [7, 11) is 0. The van der Waals surface area contributed by atoms with Crippen LogP contribution in [0.4, 0.5) is 8.78 Å². The quantitative estimate of drug-likeness (QED) is 0.777. The van der Waals surface area contributed by atoms with Crippen molar-refractivity contribution in [2.45, 2.75) is 39.2 Å². The van der Waals surface area contributed by atoms with Gasteiger partial charge < -0.3 is 10.1 Å². The standard InChI is InChI=1S/C13H20F2N2O/c1-3-5-17-12(13(14)15)10-7-11(9-16-8-10)18-6-4-2/h7-9,12-13,17H,3-6H2,1-2H3. The lowest BCUT2D eigenvalue weighted by molar-refractivity contribution is 0.0982. The number of nitrogens with zero attached hydrogens (tertiary/aromatic N) is 1. The van der Waals surface area contributed by atoms with Crippen LogP contribution in [0.2, 0.25) is 0 Å². The normalized spacial score (nSPS) is 12.7. The van der Waals surface area contributed by atoms with E-state index in [1.807, 2.05) is 13.8 Å². The lowest BCUT2D eigenvalue weighted by atomic mass is 10.1. The molecule has 102 valence electrons. The molecular formula is C13H20F2N2O. The van der Waals surface area contributed by atoms with Crippen molar-refractivity contribution in [1.82, 2.24) is 10.3 Å². The Morgan fingerprint density at radius 3 is 2.67 bits per heavy atom. The van der Waals surface area contributed by atoms with Crippen LogP contribution in [0.3, 0.4) is 0 Å². The SMILES string of the molecule is CCCNC(c1cncc(OCCC)c1)C(F)F. The van der Waals surface area contributed by atoms with E-state index < -0.39 is 12.5 Å². The van der Waals surface area contributed by atoms with Gasteiger partial charge in [0.1, 0.15) is 5.75 Å². The van der Waals surface area contributed by atoms with Crippen LogP contribution in [-0.2, 0) is 0 Å². The third-order valence-corrected chi connectivity index (χ3v) is 2.43. The molecule has 1 aromatic rings.